The van der Waals surface area contributed by atoms with E-state index in [1.807, 2.05) is 18.4 Å². The summed E-state index contributed by atoms with van der Waals surface area (Å²) in [7, 11) is 1.82. The van der Waals surface area contributed by atoms with Crippen molar-refractivity contribution in [2.24, 2.45) is 5.73 Å². The number of hydrogen-bond donors (Lipinski definition) is 1. The average molecular weight is 239 g/mol. The normalized spacial score (nSPS) is 20.5. The first-order valence-electron chi connectivity index (χ1n) is 5.94. The zero-order valence-corrected chi connectivity index (χ0v) is 11.2. The van der Waals surface area contributed by atoms with E-state index in [0.29, 0.717) is 0 Å². The molecule has 1 aromatic rings. The average Bonchev–Trinajstić information content (AvgIpc) is 2.51. The van der Waals surface area contributed by atoms with Gasteiger partial charge in [-0.15, -0.1) is 11.3 Å². The Morgan fingerprint density at radius 2 is 2.19 bits per heavy atom. The fraction of sp³-hybridized carbons (Fsp3) is 0.692. The zero-order valence-electron chi connectivity index (χ0n) is 10.4. The van der Waals surface area contributed by atoms with Crippen LogP contribution in [0.4, 0.5) is 0 Å². The van der Waals surface area contributed by atoms with Crippen molar-refractivity contribution in [1.82, 2.24) is 0 Å². The van der Waals surface area contributed by atoms with Gasteiger partial charge in [0.05, 0.1) is 5.60 Å². The fourth-order valence-corrected chi connectivity index (χ4v) is 3.62. The Balaban J connectivity index is 2.07. The number of ether oxygens (including phenoxy) is 1. The van der Waals surface area contributed by atoms with Gasteiger partial charge in [0.2, 0.25) is 0 Å². The molecule has 1 aliphatic carbocycles. The molecule has 1 heterocycles. The van der Waals surface area contributed by atoms with Gasteiger partial charge >= 0.3 is 0 Å². The molecule has 2 nitrogen and oxygen atoms in total. The van der Waals surface area contributed by atoms with Gasteiger partial charge in [0, 0.05) is 22.9 Å². The van der Waals surface area contributed by atoms with Crippen LogP contribution >= 0.6 is 11.3 Å². The Morgan fingerprint density at radius 1 is 1.50 bits per heavy atom. The van der Waals surface area contributed by atoms with Crippen LogP contribution in [0.3, 0.4) is 0 Å². The number of hydrogen-bond acceptors (Lipinski definition) is 3. The van der Waals surface area contributed by atoms with Crippen LogP contribution in [0.1, 0.15) is 47.0 Å². The van der Waals surface area contributed by atoms with E-state index in [-0.39, 0.29) is 11.6 Å². The van der Waals surface area contributed by atoms with E-state index in [2.05, 4.69) is 19.9 Å². The Morgan fingerprint density at radius 3 is 2.56 bits per heavy atom. The third kappa shape index (κ3) is 2.17. The molecule has 1 atom stereocenters. The van der Waals surface area contributed by atoms with Crippen molar-refractivity contribution < 1.29 is 4.74 Å². The summed E-state index contributed by atoms with van der Waals surface area (Å²) in [4.78, 5) is 2.68. The highest BCUT2D eigenvalue weighted by Gasteiger charge is 2.38. The third-order valence-corrected chi connectivity index (χ3v) is 4.99. The number of nitrogens with two attached hydrogens (primary N) is 1. The Bertz CT molecular complexity index is 362. The van der Waals surface area contributed by atoms with Crippen molar-refractivity contribution in [2.75, 3.05) is 7.11 Å². The molecule has 90 valence electrons. The van der Waals surface area contributed by atoms with E-state index in [1.54, 1.807) is 0 Å². The van der Waals surface area contributed by atoms with E-state index in [0.717, 1.165) is 6.42 Å². The molecule has 0 amide bonds. The molecular weight excluding hydrogens is 218 g/mol. The lowest BCUT2D eigenvalue weighted by atomic mass is 9.75. The smallest absolute Gasteiger partial charge is 0.0697 e. The van der Waals surface area contributed by atoms with Crippen LogP contribution in [-0.2, 0) is 4.74 Å². The molecule has 1 unspecified atom stereocenters. The van der Waals surface area contributed by atoms with Gasteiger partial charge in [0.25, 0.3) is 0 Å². The van der Waals surface area contributed by atoms with E-state index >= 15 is 0 Å². The predicted molar refractivity (Wildman–Crippen MR) is 68.9 cm³/mol. The summed E-state index contributed by atoms with van der Waals surface area (Å²) in [6.45, 7) is 4.29. The number of aryl methyl sites for hydroxylation is 2. The molecule has 1 aliphatic rings. The highest BCUT2D eigenvalue weighted by molar-refractivity contribution is 7.12. The van der Waals surface area contributed by atoms with Crippen LogP contribution in [0.5, 0.6) is 0 Å². The zero-order chi connectivity index (χ0) is 11.8. The summed E-state index contributed by atoms with van der Waals surface area (Å²) in [6, 6.07) is 2.36. The molecule has 1 saturated carbocycles. The highest BCUT2D eigenvalue weighted by Crippen LogP contribution is 2.42. The van der Waals surface area contributed by atoms with Gasteiger partial charge in [0.1, 0.15) is 0 Å². The van der Waals surface area contributed by atoms with Crippen LogP contribution in [0, 0.1) is 13.8 Å². The molecule has 16 heavy (non-hydrogen) atoms. The number of methoxy groups -OCH3 is 1. The van der Waals surface area contributed by atoms with Crippen molar-refractivity contribution in [3.8, 4) is 0 Å². The Hall–Kier alpha value is -0.380. The van der Waals surface area contributed by atoms with E-state index < -0.39 is 0 Å². The SMILES string of the molecule is COC1(CC(N)c2sc(C)cc2C)CCC1. The predicted octanol–water partition coefficient (Wildman–Crippen LogP) is 3.32. The van der Waals surface area contributed by atoms with Crippen molar-refractivity contribution in [2.45, 2.75) is 51.2 Å². The number of thiophene rings is 1. The monoisotopic (exact) mass is 239 g/mol. The Kier molecular flexibility index (Phi) is 3.38. The van der Waals surface area contributed by atoms with Gasteiger partial charge < -0.3 is 10.5 Å². The third-order valence-electron chi connectivity index (χ3n) is 3.71. The summed E-state index contributed by atoms with van der Waals surface area (Å²) >= 11 is 1.83. The first-order chi connectivity index (χ1) is 7.56. The van der Waals surface area contributed by atoms with Crippen LogP contribution in [-0.4, -0.2) is 12.7 Å². The molecule has 1 fully saturated rings. The van der Waals surface area contributed by atoms with Gasteiger partial charge in [-0.05, 0) is 51.2 Å². The maximum absolute atomic E-state index is 6.31. The second-order valence-corrected chi connectivity index (χ2v) is 6.24. The van der Waals surface area contributed by atoms with Gasteiger partial charge in [0.15, 0.2) is 0 Å². The minimum atomic E-state index is 0.0732. The highest BCUT2D eigenvalue weighted by atomic mass is 32.1. The summed E-state index contributed by atoms with van der Waals surface area (Å²) < 4.78 is 5.64. The van der Waals surface area contributed by atoms with Crippen molar-refractivity contribution in [3.05, 3.63) is 21.4 Å². The second-order valence-electron chi connectivity index (χ2n) is 4.96. The van der Waals surface area contributed by atoms with E-state index in [4.69, 9.17) is 10.5 Å². The Labute approximate surface area is 102 Å². The molecule has 0 saturated heterocycles. The number of rotatable bonds is 4. The molecule has 0 aliphatic heterocycles. The maximum Gasteiger partial charge on any atom is 0.0697 e. The molecule has 3 heteroatoms. The summed E-state index contributed by atoms with van der Waals surface area (Å²) in [5, 5.41) is 0. The van der Waals surface area contributed by atoms with Gasteiger partial charge in [-0.2, -0.15) is 0 Å². The fourth-order valence-electron chi connectivity index (χ4n) is 2.58. The summed E-state index contributed by atoms with van der Waals surface area (Å²) in [5.74, 6) is 0. The summed E-state index contributed by atoms with van der Waals surface area (Å²) in [6.07, 6.45) is 4.58. The van der Waals surface area contributed by atoms with Crippen LogP contribution in [0.2, 0.25) is 0 Å². The molecule has 0 radical (unpaired) electrons. The van der Waals surface area contributed by atoms with Crippen molar-refractivity contribution >= 4 is 11.3 Å². The molecular formula is C13H21NOS. The molecule has 2 rings (SSSR count). The molecule has 0 bridgehead atoms. The minimum absolute atomic E-state index is 0.0732. The molecule has 0 spiro atoms. The minimum Gasteiger partial charge on any atom is -0.378 e. The standard InChI is InChI=1S/C13H21NOS/c1-9-7-10(2)16-12(9)11(14)8-13(15-3)5-4-6-13/h7,11H,4-6,8,14H2,1-3H3. The van der Waals surface area contributed by atoms with Gasteiger partial charge in [-0.1, -0.05) is 0 Å². The molecule has 1 aromatic heterocycles. The van der Waals surface area contributed by atoms with Crippen LogP contribution in [0.25, 0.3) is 0 Å². The maximum atomic E-state index is 6.31. The first-order valence-corrected chi connectivity index (χ1v) is 6.76. The topological polar surface area (TPSA) is 35.2 Å². The lowest BCUT2D eigenvalue weighted by Gasteiger charge is -2.42. The lowest BCUT2D eigenvalue weighted by Crippen LogP contribution is -2.41. The van der Waals surface area contributed by atoms with Crippen LogP contribution < -0.4 is 5.73 Å². The molecule has 0 aromatic carbocycles. The van der Waals surface area contributed by atoms with Crippen molar-refractivity contribution in [1.29, 1.82) is 0 Å². The molecule has 2 N–H and O–H groups in total. The van der Waals surface area contributed by atoms with E-state index in [1.165, 1.54) is 34.6 Å². The second kappa shape index (κ2) is 4.47. The van der Waals surface area contributed by atoms with Gasteiger partial charge in [-0.3, -0.25) is 0 Å². The quantitative estimate of drug-likeness (QED) is 0.874. The first kappa shape index (κ1) is 12.1. The lowest BCUT2D eigenvalue weighted by molar-refractivity contribution is -0.0815. The van der Waals surface area contributed by atoms with Gasteiger partial charge in [-0.25, -0.2) is 0 Å². The van der Waals surface area contributed by atoms with E-state index in [9.17, 15) is 0 Å². The largest absolute Gasteiger partial charge is 0.378 e. The van der Waals surface area contributed by atoms with Crippen molar-refractivity contribution in [3.63, 3.8) is 0 Å². The summed E-state index contributed by atoms with van der Waals surface area (Å²) in [5.41, 5.74) is 7.72. The van der Waals surface area contributed by atoms with Crippen LogP contribution in [0.15, 0.2) is 6.07 Å².